The lowest BCUT2D eigenvalue weighted by Gasteiger charge is -2.32. The van der Waals surface area contributed by atoms with Gasteiger partial charge in [-0.15, -0.1) is 0 Å². The summed E-state index contributed by atoms with van der Waals surface area (Å²) in [6.45, 7) is 13.0. The van der Waals surface area contributed by atoms with Crippen LogP contribution in [0.5, 0.6) is 0 Å². The maximum atomic E-state index is 13.7. The Morgan fingerprint density at radius 3 is 2.36 bits per heavy atom. The number of hydrogen-bond acceptors (Lipinski definition) is 7. The van der Waals surface area contributed by atoms with Crippen LogP contribution in [0.3, 0.4) is 0 Å². The van der Waals surface area contributed by atoms with E-state index in [-0.39, 0.29) is 23.8 Å². The zero-order valence-corrected chi connectivity index (χ0v) is 24.2. The topological polar surface area (TPSA) is 115 Å². The van der Waals surface area contributed by atoms with E-state index in [2.05, 4.69) is 15.3 Å². The number of rotatable bonds is 8. The van der Waals surface area contributed by atoms with Crippen molar-refractivity contribution in [2.75, 3.05) is 27.4 Å². The molecule has 11 heteroatoms. The zero-order chi connectivity index (χ0) is 28.5. The van der Waals surface area contributed by atoms with Gasteiger partial charge >= 0.3 is 13.2 Å². The summed E-state index contributed by atoms with van der Waals surface area (Å²) in [6.07, 6.45) is 1.87. The molecule has 212 valence electrons. The van der Waals surface area contributed by atoms with Crippen molar-refractivity contribution in [2.45, 2.75) is 71.2 Å². The summed E-state index contributed by atoms with van der Waals surface area (Å²) in [7, 11) is 2.52. The van der Waals surface area contributed by atoms with Gasteiger partial charge < -0.3 is 34.0 Å². The fourth-order valence-electron chi connectivity index (χ4n) is 5.11. The van der Waals surface area contributed by atoms with E-state index in [1.807, 2.05) is 65.8 Å². The molecular weight excluding hydrogens is 499 g/mol. The van der Waals surface area contributed by atoms with Crippen LogP contribution < -0.4 is 10.8 Å². The van der Waals surface area contributed by atoms with Crippen LogP contribution in [0, 0.1) is 11.8 Å². The molecular formula is C28H41BN4O6. The molecule has 2 fully saturated rings. The summed E-state index contributed by atoms with van der Waals surface area (Å²) < 4.78 is 22.5. The van der Waals surface area contributed by atoms with E-state index in [9.17, 15) is 9.59 Å². The number of imidazole rings is 1. The normalized spacial score (nSPS) is 22.8. The molecule has 2 aliphatic heterocycles. The molecule has 2 amide bonds. The van der Waals surface area contributed by atoms with E-state index < -0.39 is 30.5 Å². The quantitative estimate of drug-likeness (QED) is 0.494. The average Bonchev–Trinajstić information content (AvgIpc) is 3.58. The van der Waals surface area contributed by atoms with Crippen LogP contribution in [0.4, 0.5) is 4.79 Å². The van der Waals surface area contributed by atoms with Crippen molar-refractivity contribution in [1.29, 1.82) is 0 Å². The third-order valence-corrected chi connectivity index (χ3v) is 8.12. The van der Waals surface area contributed by atoms with Crippen LogP contribution in [-0.2, 0) is 23.6 Å². The number of benzene rings is 1. The number of likely N-dealkylation sites (tertiary alicyclic amines) is 1. The minimum atomic E-state index is -0.710. The molecule has 10 nitrogen and oxygen atoms in total. The molecule has 1 unspecified atom stereocenters. The first-order chi connectivity index (χ1) is 18.4. The van der Waals surface area contributed by atoms with E-state index in [1.165, 1.54) is 7.11 Å². The van der Waals surface area contributed by atoms with E-state index in [1.54, 1.807) is 18.2 Å². The standard InChI is InChI=1S/C28H41BN4O6/c1-17(2)23(32-26(35)37-8)25(34)33-15-18(16-36-7)13-22(33)24-30-14-21(31-24)19-9-11-20(12-10-19)29-38-27(3,4)28(5,6)39-29/h9-12,14,17-18,22-23H,13,15-16H2,1-8H3,(H,30,31)(H,32,35)/t18?,22-,23-/m0/s1. The van der Waals surface area contributed by atoms with Gasteiger partial charge in [-0.05, 0) is 51.1 Å². The number of hydrogen-bond donors (Lipinski definition) is 2. The minimum absolute atomic E-state index is 0.117. The summed E-state index contributed by atoms with van der Waals surface area (Å²) in [5.74, 6) is 0.576. The van der Waals surface area contributed by atoms with Gasteiger partial charge in [0.15, 0.2) is 0 Å². The summed E-state index contributed by atoms with van der Waals surface area (Å²) in [5, 5.41) is 2.70. The first kappa shape index (κ1) is 29.1. The van der Waals surface area contributed by atoms with Crippen LogP contribution in [0.1, 0.15) is 59.8 Å². The van der Waals surface area contributed by atoms with Gasteiger partial charge in [0.2, 0.25) is 5.91 Å². The molecule has 0 aliphatic carbocycles. The van der Waals surface area contributed by atoms with Gasteiger partial charge in [-0.2, -0.15) is 0 Å². The van der Waals surface area contributed by atoms with Crippen LogP contribution >= 0.6 is 0 Å². The van der Waals surface area contributed by atoms with Crippen LogP contribution in [0.2, 0.25) is 0 Å². The first-order valence-electron chi connectivity index (χ1n) is 13.5. The Morgan fingerprint density at radius 2 is 1.79 bits per heavy atom. The fraction of sp³-hybridized carbons (Fsp3) is 0.607. The lowest BCUT2D eigenvalue weighted by atomic mass is 9.79. The van der Waals surface area contributed by atoms with E-state index in [4.69, 9.17) is 18.8 Å². The first-order valence-corrected chi connectivity index (χ1v) is 13.5. The Kier molecular flexibility index (Phi) is 8.44. The van der Waals surface area contributed by atoms with Crippen molar-refractivity contribution in [2.24, 2.45) is 11.8 Å². The number of H-pyrrole nitrogens is 1. The molecule has 3 atom stereocenters. The monoisotopic (exact) mass is 540 g/mol. The Balaban J connectivity index is 1.54. The number of amides is 2. The van der Waals surface area contributed by atoms with E-state index in [0.717, 1.165) is 16.7 Å². The highest BCUT2D eigenvalue weighted by atomic mass is 16.7. The third kappa shape index (κ3) is 6.00. The smallest absolute Gasteiger partial charge is 0.453 e. The predicted molar refractivity (Wildman–Crippen MR) is 148 cm³/mol. The van der Waals surface area contributed by atoms with Gasteiger partial charge in [0.25, 0.3) is 0 Å². The van der Waals surface area contributed by atoms with Crippen molar-refractivity contribution in [3.05, 3.63) is 36.3 Å². The van der Waals surface area contributed by atoms with Crippen LogP contribution in [0.25, 0.3) is 11.3 Å². The van der Waals surface area contributed by atoms with Crippen molar-refractivity contribution < 1.29 is 28.4 Å². The number of aromatic amines is 1. The molecule has 0 spiro atoms. The third-order valence-electron chi connectivity index (χ3n) is 8.12. The molecule has 0 saturated carbocycles. The van der Waals surface area contributed by atoms with Crippen molar-refractivity contribution in [3.63, 3.8) is 0 Å². The van der Waals surface area contributed by atoms with Crippen LogP contribution in [0.15, 0.2) is 30.5 Å². The summed E-state index contributed by atoms with van der Waals surface area (Å²) >= 11 is 0. The number of ether oxygens (including phenoxy) is 2. The molecule has 0 radical (unpaired) electrons. The summed E-state index contributed by atoms with van der Waals surface area (Å²) in [5.41, 5.74) is 1.96. The van der Waals surface area contributed by atoms with E-state index in [0.29, 0.717) is 25.4 Å². The van der Waals surface area contributed by atoms with E-state index >= 15 is 0 Å². The van der Waals surface area contributed by atoms with Gasteiger partial charge in [0.05, 0.1) is 42.9 Å². The fourth-order valence-corrected chi connectivity index (χ4v) is 5.11. The van der Waals surface area contributed by atoms with Crippen molar-refractivity contribution in [1.82, 2.24) is 20.2 Å². The lowest BCUT2D eigenvalue weighted by Crippen LogP contribution is -2.51. The molecule has 2 N–H and O–H groups in total. The molecule has 1 aromatic heterocycles. The maximum absolute atomic E-state index is 13.7. The molecule has 1 aromatic carbocycles. The maximum Gasteiger partial charge on any atom is 0.494 e. The molecule has 39 heavy (non-hydrogen) atoms. The SMILES string of the molecule is COCC1C[C@@H](c2ncc(-c3ccc(B4OC(C)(C)C(C)(C)O4)cc3)[nH]2)N(C(=O)[C@@H](NC(=O)OC)C(C)C)C1. The molecule has 4 rings (SSSR count). The van der Waals surface area contributed by atoms with Crippen molar-refractivity contribution in [3.8, 4) is 11.3 Å². The van der Waals surface area contributed by atoms with Gasteiger partial charge in [-0.3, -0.25) is 4.79 Å². The highest BCUT2D eigenvalue weighted by Gasteiger charge is 2.51. The number of methoxy groups -OCH3 is 2. The van der Waals surface area contributed by atoms with Gasteiger partial charge in [-0.25, -0.2) is 9.78 Å². The largest absolute Gasteiger partial charge is 0.494 e. The van der Waals surface area contributed by atoms with Crippen molar-refractivity contribution >= 4 is 24.6 Å². The second-order valence-electron chi connectivity index (χ2n) is 11.8. The number of carbonyl (C=O) groups excluding carboxylic acids is 2. The number of aromatic nitrogens is 2. The Bertz CT molecular complexity index is 1150. The zero-order valence-electron chi connectivity index (χ0n) is 24.2. The Morgan fingerprint density at radius 1 is 1.15 bits per heavy atom. The molecule has 3 heterocycles. The lowest BCUT2D eigenvalue weighted by molar-refractivity contribution is -0.135. The number of carbonyl (C=O) groups is 2. The summed E-state index contributed by atoms with van der Waals surface area (Å²) in [4.78, 5) is 35.5. The number of alkyl carbamates (subject to hydrolysis) is 1. The van der Waals surface area contributed by atoms with Gasteiger partial charge in [0, 0.05) is 19.6 Å². The molecule has 2 saturated heterocycles. The average molecular weight is 540 g/mol. The molecule has 2 aromatic rings. The van der Waals surface area contributed by atoms with Gasteiger partial charge in [0.1, 0.15) is 11.9 Å². The second-order valence-corrected chi connectivity index (χ2v) is 11.8. The second kappa shape index (κ2) is 11.3. The predicted octanol–water partition coefficient (Wildman–Crippen LogP) is 3.29. The summed E-state index contributed by atoms with van der Waals surface area (Å²) in [6, 6.07) is 7.05. The number of nitrogens with one attached hydrogen (secondary N) is 2. The Labute approximate surface area is 231 Å². The minimum Gasteiger partial charge on any atom is -0.453 e. The molecule has 2 aliphatic rings. The number of nitrogens with zero attached hydrogens (tertiary/aromatic N) is 2. The van der Waals surface area contributed by atoms with Crippen LogP contribution in [-0.4, -0.2) is 78.6 Å². The Hall–Kier alpha value is -2.89. The van der Waals surface area contributed by atoms with Gasteiger partial charge in [-0.1, -0.05) is 38.1 Å². The molecule has 0 bridgehead atoms. The highest BCUT2D eigenvalue weighted by molar-refractivity contribution is 6.62. The highest BCUT2D eigenvalue weighted by Crippen LogP contribution is 2.37.